The summed E-state index contributed by atoms with van der Waals surface area (Å²) in [5, 5.41) is 4.13. The van der Waals surface area contributed by atoms with Gasteiger partial charge in [-0.05, 0) is 18.4 Å². The first-order valence-corrected chi connectivity index (χ1v) is 7.12. The molecule has 0 amide bonds. The van der Waals surface area contributed by atoms with Crippen molar-refractivity contribution in [3.05, 3.63) is 12.3 Å². The second kappa shape index (κ2) is 4.40. The van der Waals surface area contributed by atoms with Crippen molar-refractivity contribution in [2.24, 2.45) is 18.7 Å². The maximum atomic E-state index is 12.4. The van der Waals surface area contributed by atoms with Crippen molar-refractivity contribution in [1.82, 2.24) is 14.1 Å². The lowest BCUT2D eigenvalue weighted by Crippen LogP contribution is -2.42. The van der Waals surface area contributed by atoms with Gasteiger partial charge in [0, 0.05) is 26.2 Å². The third kappa shape index (κ3) is 1.98. The zero-order chi connectivity index (χ0) is 12.6. The molecule has 1 aromatic heterocycles. The van der Waals surface area contributed by atoms with Crippen LogP contribution < -0.4 is 5.73 Å². The van der Waals surface area contributed by atoms with Crippen molar-refractivity contribution in [2.45, 2.75) is 24.4 Å². The molecule has 0 radical (unpaired) electrons. The predicted molar refractivity (Wildman–Crippen MR) is 63.7 cm³/mol. The Morgan fingerprint density at radius 2 is 2.29 bits per heavy atom. The van der Waals surface area contributed by atoms with Gasteiger partial charge in [-0.2, -0.15) is 9.40 Å². The van der Waals surface area contributed by atoms with Crippen molar-refractivity contribution < 1.29 is 8.42 Å². The third-order valence-electron chi connectivity index (χ3n) is 3.42. The van der Waals surface area contributed by atoms with Crippen LogP contribution >= 0.6 is 0 Å². The zero-order valence-electron chi connectivity index (χ0n) is 10.1. The Hall–Kier alpha value is -0.920. The zero-order valence-corrected chi connectivity index (χ0v) is 10.9. The average Bonchev–Trinajstić information content (AvgIpc) is 2.84. The minimum atomic E-state index is -3.47. The largest absolute Gasteiger partial charge is 0.329 e. The van der Waals surface area contributed by atoms with Gasteiger partial charge < -0.3 is 5.73 Å². The molecule has 0 aliphatic carbocycles. The summed E-state index contributed by atoms with van der Waals surface area (Å²) in [6, 6.07) is 1.42. The minimum absolute atomic E-state index is 0.102. The van der Waals surface area contributed by atoms with Crippen LogP contribution in [0.15, 0.2) is 17.3 Å². The Morgan fingerprint density at radius 3 is 2.82 bits per heavy atom. The summed E-state index contributed by atoms with van der Waals surface area (Å²) in [5.74, 6) is 0.308. The van der Waals surface area contributed by atoms with Gasteiger partial charge in [0.15, 0.2) is 5.03 Å². The highest BCUT2D eigenvalue weighted by molar-refractivity contribution is 7.89. The monoisotopic (exact) mass is 258 g/mol. The first-order valence-electron chi connectivity index (χ1n) is 5.68. The molecule has 6 nitrogen and oxygen atoms in total. The lowest BCUT2D eigenvalue weighted by molar-refractivity contribution is 0.351. The van der Waals surface area contributed by atoms with E-state index in [4.69, 9.17) is 5.73 Å². The van der Waals surface area contributed by atoms with Gasteiger partial charge in [0.2, 0.25) is 0 Å². The van der Waals surface area contributed by atoms with Crippen molar-refractivity contribution in [1.29, 1.82) is 0 Å². The predicted octanol–water partition coefficient (Wildman–Crippen LogP) is -0.222. The van der Waals surface area contributed by atoms with E-state index in [9.17, 15) is 8.42 Å². The molecule has 96 valence electrons. The van der Waals surface area contributed by atoms with Crippen LogP contribution in [0.3, 0.4) is 0 Å². The fraction of sp³-hybridized carbons (Fsp3) is 0.700. The first-order chi connectivity index (χ1) is 7.98. The second-order valence-corrected chi connectivity index (χ2v) is 6.32. The molecule has 2 N–H and O–H groups in total. The Kier molecular flexibility index (Phi) is 3.24. The molecule has 17 heavy (non-hydrogen) atoms. The van der Waals surface area contributed by atoms with Crippen LogP contribution in [0.25, 0.3) is 0 Å². The van der Waals surface area contributed by atoms with Gasteiger partial charge in [0.1, 0.15) is 0 Å². The van der Waals surface area contributed by atoms with E-state index in [2.05, 4.69) is 5.10 Å². The van der Waals surface area contributed by atoms with Crippen molar-refractivity contribution >= 4 is 10.0 Å². The molecule has 0 saturated carbocycles. The number of hydrogen-bond donors (Lipinski definition) is 1. The molecule has 1 saturated heterocycles. The summed E-state index contributed by atoms with van der Waals surface area (Å²) in [7, 11) is -1.84. The van der Waals surface area contributed by atoms with Crippen LogP contribution in [0.5, 0.6) is 0 Å². The molecule has 2 rings (SSSR count). The number of aryl methyl sites for hydroxylation is 1. The third-order valence-corrected chi connectivity index (χ3v) is 5.42. The molecular weight excluding hydrogens is 240 g/mol. The molecule has 2 heterocycles. The molecule has 2 atom stereocenters. The van der Waals surface area contributed by atoms with Crippen LogP contribution in [-0.2, 0) is 17.1 Å². The van der Waals surface area contributed by atoms with Crippen LogP contribution in [-0.4, -0.2) is 41.6 Å². The standard InChI is InChI=1S/C10H18N4O2S/c1-8-4-6-14(9(8)7-11)17(15,16)10-3-5-12-13(10)2/h3,5,8-9H,4,6-7,11H2,1-2H3. The summed E-state index contributed by atoms with van der Waals surface area (Å²) in [6.45, 7) is 2.94. The highest BCUT2D eigenvalue weighted by Crippen LogP contribution is 2.29. The Bertz CT molecular complexity index is 496. The number of rotatable bonds is 3. The van der Waals surface area contributed by atoms with Gasteiger partial charge in [-0.15, -0.1) is 0 Å². The fourth-order valence-electron chi connectivity index (χ4n) is 2.36. The fourth-order valence-corrected chi connectivity index (χ4v) is 4.21. The number of nitrogens with two attached hydrogens (primary N) is 1. The second-order valence-electron chi connectivity index (χ2n) is 4.48. The van der Waals surface area contributed by atoms with Crippen molar-refractivity contribution in [2.75, 3.05) is 13.1 Å². The van der Waals surface area contributed by atoms with Gasteiger partial charge in [-0.3, -0.25) is 4.68 Å². The van der Waals surface area contributed by atoms with E-state index in [0.29, 0.717) is 19.0 Å². The molecule has 1 aliphatic heterocycles. The van der Waals surface area contributed by atoms with Crippen LogP contribution in [0, 0.1) is 5.92 Å². The van der Waals surface area contributed by atoms with E-state index >= 15 is 0 Å². The highest BCUT2D eigenvalue weighted by atomic mass is 32.2. The maximum absolute atomic E-state index is 12.4. The summed E-state index contributed by atoms with van der Waals surface area (Å²) in [6.07, 6.45) is 2.35. The lowest BCUT2D eigenvalue weighted by atomic mass is 10.0. The molecule has 1 fully saturated rings. The number of hydrogen-bond acceptors (Lipinski definition) is 4. The molecule has 0 spiro atoms. The Labute approximate surface area is 101 Å². The van der Waals surface area contributed by atoms with Crippen molar-refractivity contribution in [3.63, 3.8) is 0 Å². The SMILES string of the molecule is CC1CCN(S(=O)(=O)c2ccnn2C)C1CN. The molecule has 0 bridgehead atoms. The molecule has 2 unspecified atom stereocenters. The molecular formula is C10H18N4O2S. The maximum Gasteiger partial charge on any atom is 0.260 e. The Balaban J connectivity index is 2.37. The van der Waals surface area contributed by atoms with Gasteiger partial charge in [-0.1, -0.05) is 6.92 Å². The number of nitrogens with zero attached hydrogens (tertiary/aromatic N) is 3. The van der Waals surface area contributed by atoms with E-state index in [0.717, 1.165) is 6.42 Å². The van der Waals surface area contributed by atoms with Crippen LogP contribution in [0.4, 0.5) is 0 Å². The van der Waals surface area contributed by atoms with Gasteiger partial charge in [-0.25, -0.2) is 8.42 Å². The summed E-state index contributed by atoms with van der Waals surface area (Å²) >= 11 is 0. The van der Waals surface area contributed by atoms with Crippen molar-refractivity contribution in [3.8, 4) is 0 Å². The highest BCUT2D eigenvalue weighted by Gasteiger charge is 2.39. The van der Waals surface area contributed by atoms with E-state index < -0.39 is 10.0 Å². The van der Waals surface area contributed by atoms with E-state index in [1.807, 2.05) is 6.92 Å². The minimum Gasteiger partial charge on any atom is -0.329 e. The molecule has 1 aromatic rings. The lowest BCUT2D eigenvalue weighted by Gasteiger charge is -2.24. The Morgan fingerprint density at radius 1 is 1.59 bits per heavy atom. The van der Waals surface area contributed by atoms with Gasteiger partial charge in [0.05, 0.1) is 6.20 Å². The van der Waals surface area contributed by atoms with E-state index in [1.165, 1.54) is 21.3 Å². The summed E-state index contributed by atoms with van der Waals surface area (Å²) in [5.41, 5.74) is 5.67. The summed E-state index contributed by atoms with van der Waals surface area (Å²) < 4.78 is 27.8. The molecule has 0 aromatic carbocycles. The number of sulfonamides is 1. The smallest absolute Gasteiger partial charge is 0.260 e. The van der Waals surface area contributed by atoms with Gasteiger partial charge >= 0.3 is 0 Å². The average molecular weight is 258 g/mol. The molecule has 1 aliphatic rings. The normalized spacial score (nSPS) is 26.5. The van der Waals surface area contributed by atoms with E-state index in [-0.39, 0.29) is 11.1 Å². The summed E-state index contributed by atoms with van der Waals surface area (Å²) in [4.78, 5) is 0. The molecule has 7 heteroatoms. The first kappa shape index (κ1) is 12.5. The van der Waals surface area contributed by atoms with Crippen LogP contribution in [0.2, 0.25) is 0 Å². The van der Waals surface area contributed by atoms with E-state index in [1.54, 1.807) is 7.05 Å². The topological polar surface area (TPSA) is 81.2 Å². The number of aromatic nitrogens is 2. The van der Waals surface area contributed by atoms with Gasteiger partial charge in [0.25, 0.3) is 10.0 Å². The van der Waals surface area contributed by atoms with Crippen LogP contribution in [0.1, 0.15) is 13.3 Å². The quantitative estimate of drug-likeness (QED) is 0.812.